The zero-order valence-corrected chi connectivity index (χ0v) is 19.5. The number of amides is 2. The fourth-order valence-electron chi connectivity index (χ4n) is 3.35. The molecule has 7 nitrogen and oxygen atoms in total. The highest BCUT2D eigenvalue weighted by molar-refractivity contribution is 8.23. The average molecular weight is 441 g/mol. The Bertz CT molecular complexity index is 782. The molecule has 0 N–H and O–H groups in total. The second-order valence-electron chi connectivity index (χ2n) is 8.61. The predicted octanol–water partition coefficient (Wildman–Crippen LogP) is 3.35. The number of hydrogen-bond donors (Lipinski definition) is 0. The zero-order valence-electron chi connectivity index (χ0n) is 17.8. The molecule has 2 amide bonds. The second kappa shape index (κ2) is 8.47. The minimum atomic E-state index is -1.04. The molecule has 0 bridgehead atoms. The summed E-state index contributed by atoms with van der Waals surface area (Å²) >= 11 is 6.89. The average Bonchev–Trinajstić information content (AvgIpc) is 3.07. The maximum atomic E-state index is 13.3. The minimum absolute atomic E-state index is 0.0578. The first-order chi connectivity index (χ1) is 13.4. The van der Waals surface area contributed by atoms with Crippen LogP contribution >= 0.6 is 24.0 Å². The molecule has 160 valence electrons. The van der Waals surface area contributed by atoms with E-state index in [1.807, 2.05) is 0 Å². The van der Waals surface area contributed by atoms with E-state index < -0.39 is 23.5 Å². The molecule has 0 aliphatic carbocycles. The van der Waals surface area contributed by atoms with Gasteiger partial charge in [-0.25, -0.2) is 4.79 Å². The minimum Gasteiger partial charge on any atom is -0.469 e. The van der Waals surface area contributed by atoms with Gasteiger partial charge in [0, 0.05) is 12.0 Å². The Morgan fingerprint density at radius 3 is 2.28 bits per heavy atom. The summed E-state index contributed by atoms with van der Waals surface area (Å²) in [5, 5.41) is 0. The maximum Gasteiger partial charge on any atom is 0.414 e. The third-order valence-electron chi connectivity index (χ3n) is 5.21. The van der Waals surface area contributed by atoms with Crippen molar-refractivity contribution in [3.05, 3.63) is 23.9 Å². The molecule has 0 aromatic carbocycles. The number of ether oxygens (including phenoxy) is 2. The first kappa shape index (κ1) is 23.4. The van der Waals surface area contributed by atoms with E-state index in [1.54, 1.807) is 30.9 Å². The summed E-state index contributed by atoms with van der Waals surface area (Å²) < 4.78 is 10.3. The fourth-order valence-corrected chi connectivity index (χ4v) is 5.07. The summed E-state index contributed by atoms with van der Waals surface area (Å²) in [6, 6.07) is -0.727. The Morgan fingerprint density at radius 2 is 1.76 bits per heavy atom. The lowest BCUT2D eigenvalue weighted by atomic mass is 9.81. The number of thioether (sulfide) groups is 1. The number of carbonyl (C=O) groups excluding carboxylic acids is 3. The van der Waals surface area contributed by atoms with Crippen LogP contribution in [0.2, 0.25) is 0 Å². The third-order valence-corrected chi connectivity index (χ3v) is 6.69. The molecule has 9 heteroatoms. The number of rotatable bonds is 3. The molecule has 1 fully saturated rings. The Labute approximate surface area is 181 Å². The summed E-state index contributed by atoms with van der Waals surface area (Å²) in [6.07, 6.45) is 4.03. The molecule has 1 saturated heterocycles. The van der Waals surface area contributed by atoms with Gasteiger partial charge in [0.25, 0.3) is 5.91 Å². The molecular weight excluding hydrogens is 412 g/mol. The summed E-state index contributed by atoms with van der Waals surface area (Å²) in [5.74, 6) is -0.0300. The normalized spacial score (nSPS) is 22.4. The van der Waals surface area contributed by atoms with Crippen molar-refractivity contribution in [2.24, 2.45) is 10.8 Å². The van der Waals surface area contributed by atoms with Gasteiger partial charge < -0.3 is 9.47 Å². The number of esters is 1. The van der Waals surface area contributed by atoms with Gasteiger partial charge in [0.1, 0.15) is 4.32 Å². The SMILES string of the molecule is COC(=O)N1C=C(C(=O)N2C(=S)SC[C@@H]2C(C)(C)C)C=CC1C(C)(C)C(=O)OC. The lowest BCUT2D eigenvalue weighted by Crippen LogP contribution is -2.51. The van der Waals surface area contributed by atoms with Crippen LogP contribution < -0.4 is 0 Å². The first-order valence-corrected chi connectivity index (χ1v) is 10.6. The summed E-state index contributed by atoms with van der Waals surface area (Å²) in [6.45, 7) is 9.53. The molecule has 0 spiro atoms. The molecule has 2 aliphatic rings. The van der Waals surface area contributed by atoms with Crippen molar-refractivity contribution < 1.29 is 23.9 Å². The van der Waals surface area contributed by atoms with Crippen molar-refractivity contribution in [3.63, 3.8) is 0 Å². The van der Waals surface area contributed by atoms with Crippen molar-refractivity contribution in [3.8, 4) is 0 Å². The standard InChI is InChI=1S/C20H28N2O5S2/c1-19(2,3)14-11-29-18(28)22(14)15(23)12-8-9-13(20(4,5)16(24)26-6)21(10-12)17(25)27-7/h8-10,13-14H,11H2,1-7H3/t13?,14-/m1/s1. The van der Waals surface area contributed by atoms with Gasteiger partial charge in [-0.05, 0) is 25.3 Å². The molecule has 2 rings (SSSR count). The smallest absolute Gasteiger partial charge is 0.414 e. The van der Waals surface area contributed by atoms with Crippen LogP contribution in [-0.2, 0) is 19.1 Å². The van der Waals surface area contributed by atoms with Gasteiger partial charge in [-0.15, -0.1) is 0 Å². The van der Waals surface area contributed by atoms with E-state index in [1.165, 1.54) is 37.1 Å². The maximum absolute atomic E-state index is 13.3. The Hall–Kier alpha value is -1.87. The van der Waals surface area contributed by atoms with E-state index >= 15 is 0 Å². The van der Waals surface area contributed by atoms with E-state index in [4.69, 9.17) is 21.7 Å². The van der Waals surface area contributed by atoms with Gasteiger partial charge in [0.2, 0.25) is 0 Å². The number of hydrogen-bond acceptors (Lipinski definition) is 7. The third kappa shape index (κ3) is 4.50. The van der Waals surface area contributed by atoms with E-state index in [9.17, 15) is 14.4 Å². The van der Waals surface area contributed by atoms with Crippen molar-refractivity contribution in [1.29, 1.82) is 0 Å². The largest absolute Gasteiger partial charge is 0.469 e. The quantitative estimate of drug-likeness (QED) is 0.492. The topological polar surface area (TPSA) is 76.2 Å². The van der Waals surface area contributed by atoms with E-state index in [-0.39, 0.29) is 17.4 Å². The fraction of sp³-hybridized carbons (Fsp3) is 0.600. The van der Waals surface area contributed by atoms with Crippen LogP contribution in [0.4, 0.5) is 4.79 Å². The van der Waals surface area contributed by atoms with Gasteiger partial charge in [0.15, 0.2) is 0 Å². The van der Waals surface area contributed by atoms with E-state index in [0.29, 0.717) is 9.89 Å². The molecular formula is C20H28N2O5S2. The van der Waals surface area contributed by atoms with Crippen LogP contribution in [-0.4, -0.2) is 64.1 Å². The van der Waals surface area contributed by atoms with Crippen LogP contribution in [0.25, 0.3) is 0 Å². The molecule has 0 saturated carbocycles. The van der Waals surface area contributed by atoms with Crippen LogP contribution in [0.1, 0.15) is 34.6 Å². The van der Waals surface area contributed by atoms with Crippen molar-refractivity contribution in [2.45, 2.75) is 46.7 Å². The zero-order chi connectivity index (χ0) is 22.1. The highest BCUT2D eigenvalue weighted by Crippen LogP contribution is 2.38. The van der Waals surface area contributed by atoms with Crippen LogP contribution in [0.5, 0.6) is 0 Å². The monoisotopic (exact) mass is 440 g/mol. The summed E-state index contributed by atoms with van der Waals surface area (Å²) in [7, 11) is 2.54. The lowest BCUT2D eigenvalue weighted by molar-refractivity contribution is -0.152. The predicted molar refractivity (Wildman–Crippen MR) is 116 cm³/mol. The van der Waals surface area contributed by atoms with Crippen LogP contribution in [0.3, 0.4) is 0 Å². The van der Waals surface area contributed by atoms with Gasteiger partial charge >= 0.3 is 12.1 Å². The van der Waals surface area contributed by atoms with Gasteiger partial charge in [-0.1, -0.05) is 50.8 Å². The Balaban J connectivity index is 2.41. The van der Waals surface area contributed by atoms with Crippen LogP contribution in [0, 0.1) is 10.8 Å². The van der Waals surface area contributed by atoms with Crippen LogP contribution in [0.15, 0.2) is 23.9 Å². The molecule has 2 heterocycles. The molecule has 2 atom stereocenters. The van der Waals surface area contributed by atoms with Gasteiger partial charge in [0.05, 0.1) is 37.3 Å². The highest BCUT2D eigenvalue weighted by Gasteiger charge is 2.45. The molecule has 0 aromatic rings. The van der Waals surface area contributed by atoms with Crippen molar-refractivity contribution >= 4 is 46.3 Å². The molecule has 29 heavy (non-hydrogen) atoms. The highest BCUT2D eigenvalue weighted by atomic mass is 32.2. The molecule has 2 aliphatic heterocycles. The lowest BCUT2D eigenvalue weighted by Gasteiger charge is -2.39. The Kier molecular flexibility index (Phi) is 6.84. The second-order valence-corrected chi connectivity index (χ2v) is 10.3. The molecule has 0 aromatic heterocycles. The number of carbonyl (C=O) groups is 3. The first-order valence-electron chi connectivity index (χ1n) is 9.21. The number of methoxy groups -OCH3 is 2. The van der Waals surface area contributed by atoms with Gasteiger partial charge in [-0.2, -0.15) is 0 Å². The summed E-state index contributed by atoms with van der Waals surface area (Å²) in [5.41, 5.74) is -0.900. The van der Waals surface area contributed by atoms with E-state index in [0.717, 1.165) is 5.75 Å². The Morgan fingerprint density at radius 1 is 1.14 bits per heavy atom. The number of thiocarbonyl (C=S) groups is 1. The van der Waals surface area contributed by atoms with Gasteiger partial charge in [-0.3, -0.25) is 19.4 Å². The van der Waals surface area contributed by atoms with E-state index in [2.05, 4.69) is 20.8 Å². The summed E-state index contributed by atoms with van der Waals surface area (Å²) in [4.78, 5) is 40.9. The van der Waals surface area contributed by atoms with Crippen molar-refractivity contribution in [1.82, 2.24) is 9.80 Å². The molecule has 0 radical (unpaired) electrons. The number of nitrogens with zero attached hydrogens (tertiary/aromatic N) is 2. The molecule has 1 unspecified atom stereocenters. The van der Waals surface area contributed by atoms with Crippen molar-refractivity contribution in [2.75, 3.05) is 20.0 Å².